The maximum Gasteiger partial charge on any atom is 0.155 e. The van der Waals surface area contributed by atoms with Crippen LogP contribution in [0.2, 0.25) is 0 Å². The van der Waals surface area contributed by atoms with E-state index in [1.165, 1.54) is 16.3 Å². The molecule has 0 radical (unpaired) electrons. The standard InChI is InChI=1S/C18H23NO/c1-12-6-5-7-14-10-13(8-9-15(12)14)11-16(19)17(20)18(2,3)4/h5-10,16H,11,19H2,1-4H3. The molecule has 0 amide bonds. The van der Waals surface area contributed by atoms with Gasteiger partial charge in [-0.1, -0.05) is 57.2 Å². The molecule has 20 heavy (non-hydrogen) atoms. The van der Waals surface area contributed by atoms with Crippen molar-refractivity contribution in [2.75, 3.05) is 0 Å². The summed E-state index contributed by atoms with van der Waals surface area (Å²) < 4.78 is 0. The van der Waals surface area contributed by atoms with E-state index in [9.17, 15) is 4.79 Å². The lowest BCUT2D eigenvalue weighted by atomic mass is 9.84. The lowest BCUT2D eigenvalue weighted by Gasteiger charge is -2.21. The molecule has 0 fully saturated rings. The van der Waals surface area contributed by atoms with Crippen LogP contribution in [0.1, 0.15) is 31.9 Å². The van der Waals surface area contributed by atoms with E-state index < -0.39 is 6.04 Å². The molecule has 0 aromatic heterocycles. The predicted octanol–water partition coefficient (Wildman–Crippen LogP) is 3.63. The number of carbonyl (C=O) groups is 1. The van der Waals surface area contributed by atoms with Crippen LogP contribution in [0.3, 0.4) is 0 Å². The van der Waals surface area contributed by atoms with Crippen molar-refractivity contribution in [1.29, 1.82) is 0 Å². The molecule has 0 heterocycles. The largest absolute Gasteiger partial charge is 0.321 e. The van der Waals surface area contributed by atoms with Crippen LogP contribution in [0.4, 0.5) is 0 Å². The first-order valence-electron chi connectivity index (χ1n) is 7.07. The van der Waals surface area contributed by atoms with E-state index in [0.29, 0.717) is 6.42 Å². The van der Waals surface area contributed by atoms with Crippen LogP contribution in [0.5, 0.6) is 0 Å². The fourth-order valence-electron chi connectivity index (χ4n) is 2.52. The Morgan fingerprint density at radius 3 is 2.55 bits per heavy atom. The van der Waals surface area contributed by atoms with Crippen LogP contribution in [0.25, 0.3) is 10.8 Å². The first-order valence-corrected chi connectivity index (χ1v) is 7.07. The van der Waals surface area contributed by atoms with Crippen molar-refractivity contribution in [2.24, 2.45) is 11.1 Å². The highest BCUT2D eigenvalue weighted by atomic mass is 16.1. The number of Topliss-reactive ketones (excluding diaryl/α,β-unsaturated/α-hetero) is 1. The second-order valence-corrected chi connectivity index (χ2v) is 6.56. The number of carbonyl (C=O) groups excluding carboxylic acids is 1. The van der Waals surface area contributed by atoms with Gasteiger partial charge < -0.3 is 5.73 Å². The normalized spacial score (nSPS) is 13.4. The summed E-state index contributed by atoms with van der Waals surface area (Å²) in [5.74, 6) is 0.113. The highest BCUT2D eigenvalue weighted by Gasteiger charge is 2.27. The van der Waals surface area contributed by atoms with Crippen molar-refractivity contribution < 1.29 is 4.79 Å². The third-order valence-electron chi connectivity index (χ3n) is 3.69. The molecule has 2 aromatic carbocycles. The Morgan fingerprint density at radius 1 is 1.20 bits per heavy atom. The van der Waals surface area contributed by atoms with Gasteiger partial charge in [-0.3, -0.25) is 4.79 Å². The molecule has 2 rings (SSSR count). The molecular formula is C18H23NO. The molecule has 0 spiro atoms. The molecule has 0 saturated carbocycles. The Labute approximate surface area is 121 Å². The maximum atomic E-state index is 12.2. The molecule has 0 saturated heterocycles. The second-order valence-electron chi connectivity index (χ2n) is 6.56. The van der Waals surface area contributed by atoms with Crippen molar-refractivity contribution in [2.45, 2.75) is 40.2 Å². The van der Waals surface area contributed by atoms with Gasteiger partial charge in [0, 0.05) is 5.41 Å². The smallest absolute Gasteiger partial charge is 0.155 e. The number of hydrogen-bond donors (Lipinski definition) is 1. The first-order chi connectivity index (χ1) is 9.29. The Hall–Kier alpha value is -1.67. The molecule has 0 bridgehead atoms. The molecule has 2 nitrogen and oxygen atoms in total. The monoisotopic (exact) mass is 269 g/mol. The number of benzene rings is 2. The molecule has 1 atom stereocenters. The molecule has 0 aliphatic carbocycles. The zero-order valence-electron chi connectivity index (χ0n) is 12.7. The van der Waals surface area contributed by atoms with E-state index in [-0.39, 0.29) is 11.2 Å². The average molecular weight is 269 g/mol. The molecule has 2 aromatic rings. The lowest BCUT2D eigenvalue weighted by molar-refractivity contribution is -0.127. The topological polar surface area (TPSA) is 43.1 Å². The quantitative estimate of drug-likeness (QED) is 0.924. The minimum atomic E-state index is -0.433. The first kappa shape index (κ1) is 14.7. The summed E-state index contributed by atoms with van der Waals surface area (Å²) >= 11 is 0. The van der Waals surface area contributed by atoms with Crippen molar-refractivity contribution >= 4 is 16.6 Å². The molecule has 106 valence electrons. The third-order valence-corrected chi connectivity index (χ3v) is 3.69. The van der Waals surface area contributed by atoms with Crippen LogP contribution >= 0.6 is 0 Å². The number of ketones is 1. The summed E-state index contributed by atoms with van der Waals surface area (Å²) in [7, 11) is 0. The second kappa shape index (κ2) is 5.37. The minimum absolute atomic E-state index is 0.113. The third kappa shape index (κ3) is 3.07. The molecule has 0 aliphatic rings. The van der Waals surface area contributed by atoms with Gasteiger partial charge in [-0.05, 0) is 35.2 Å². The maximum absolute atomic E-state index is 12.2. The molecule has 2 heteroatoms. The number of hydrogen-bond acceptors (Lipinski definition) is 2. The average Bonchev–Trinajstić information content (AvgIpc) is 2.37. The van der Waals surface area contributed by atoms with E-state index in [4.69, 9.17) is 5.73 Å². The van der Waals surface area contributed by atoms with Gasteiger partial charge in [0.25, 0.3) is 0 Å². The van der Waals surface area contributed by atoms with E-state index in [0.717, 1.165) is 5.56 Å². The van der Waals surface area contributed by atoms with E-state index in [1.807, 2.05) is 20.8 Å². The Kier molecular flexibility index (Phi) is 3.96. The summed E-state index contributed by atoms with van der Waals surface area (Å²) in [6.45, 7) is 7.85. The van der Waals surface area contributed by atoms with Crippen LogP contribution in [0.15, 0.2) is 36.4 Å². The van der Waals surface area contributed by atoms with Gasteiger partial charge in [0.05, 0.1) is 6.04 Å². The summed E-state index contributed by atoms with van der Waals surface area (Å²) in [4.78, 5) is 12.2. The minimum Gasteiger partial charge on any atom is -0.321 e. The van der Waals surface area contributed by atoms with Gasteiger partial charge >= 0.3 is 0 Å². The van der Waals surface area contributed by atoms with Gasteiger partial charge in [0.2, 0.25) is 0 Å². The van der Waals surface area contributed by atoms with Crippen LogP contribution in [-0.2, 0) is 11.2 Å². The highest BCUT2D eigenvalue weighted by molar-refractivity contribution is 5.89. The molecular weight excluding hydrogens is 246 g/mol. The van der Waals surface area contributed by atoms with Crippen molar-refractivity contribution in [3.05, 3.63) is 47.5 Å². The van der Waals surface area contributed by atoms with Gasteiger partial charge in [0.15, 0.2) is 5.78 Å². The van der Waals surface area contributed by atoms with E-state index in [2.05, 4.69) is 43.3 Å². The fourth-order valence-corrected chi connectivity index (χ4v) is 2.52. The fraction of sp³-hybridized carbons (Fsp3) is 0.389. The number of nitrogens with two attached hydrogens (primary N) is 1. The van der Waals surface area contributed by atoms with Crippen LogP contribution in [0, 0.1) is 12.3 Å². The van der Waals surface area contributed by atoms with Gasteiger partial charge in [-0.25, -0.2) is 0 Å². The summed E-state index contributed by atoms with van der Waals surface area (Å²) in [5.41, 5.74) is 8.06. The zero-order valence-corrected chi connectivity index (χ0v) is 12.7. The van der Waals surface area contributed by atoms with Gasteiger partial charge in [-0.15, -0.1) is 0 Å². The summed E-state index contributed by atoms with van der Waals surface area (Å²) in [6, 6.07) is 12.2. The van der Waals surface area contributed by atoms with Crippen LogP contribution < -0.4 is 5.73 Å². The Morgan fingerprint density at radius 2 is 1.90 bits per heavy atom. The zero-order chi connectivity index (χ0) is 14.9. The number of aryl methyl sites for hydroxylation is 1. The summed E-state index contributed by atoms with van der Waals surface area (Å²) in [6.07, 6.45) is 0.597. The SMILES string of the molecule is Cc1cccc2cc(CC(N)C(=O)C(C)(C)C)ccc12. The Balaban J connectivity index is 2.25. The summed E-state index contributed by atoms with van der Waals surface area (Å²) in [5, 5.41) is 2.46. The molecule has 2 N–H and O–H groups in total. The van der Waals surface area contributed by atoms with E-state index >= 15 is 0 Å². The molecule has 1 unspecified atom stereocenters. The van der Waals surface area contributed by atoms with Gasteiger partial charge in [-0.2, -0.15) is 0 Å². The van der Waals surface area contributed by atoms with Crippen LogP contribution in [-0.4, -0.2) is 11.8 Å². The lowest BCUT2D eigenvalue weighted by Crippen LogP contribution is -2.40. The van der Waals surface area contributed by atoms with Crippen molar-refractivity contribution in [1.82, 2.24) is 0 Å². The Bertz CT molecular complexity index is 637. The predicted molar refractivity (Wildman–Crippen MR) is 84.8 cm³/mol. The van der Waals surface area contributed by atoms with Crippen molar-refractivity contribution in [3.63, 3.8) is 0 Å². The highest BCUT2D eigenvalue weighted by Crippen LogP contribution is 2.22. The van der Waals surface area contributed by atoms with Gasteiger partial charge in [0.1, 0.15) is 0 Å². The molecule has 0 aliphatic heterocycles. The van der Waals surface area contributed by atoms with E-state index in [1.54, 1.807) is 0 Å². The number of fused-ring (bicyclic) bond motifs is 1. The number of rotatable bonds is 3. The van der Waals surface area contributed by atoms with Crippen molar-refractivity contribution in [3.8, 4) is 0 Å².